The number of hydrogen-bond donors (Lipinski definition) is 1. The first kappa shape index (κ1) is 17.4. The van der Waals surface area contributed by atoms with E-state index in [1.54, 1.807) is 50.2 Å². The van der Waals surface area contributed by atoms with Gasteiger partial charge in [0.15, 0.2) is 0 Å². The van der Waals surface area contributed by atoms with Crippen LogP contribution in [0.5, 0.6) is 0 Å². The van der Waals surface area contributed by atoms with E-state index in [1.807, 2.05) is 10.8 Å². The number of nitrogens with zero attached hydrogens (tertiary/aromatic N) is 1. The summed E-state index contributed by atoms with van der Waals surface area (Å²) >= 11 is 0. The largest absolute Gasteiger partial charge is 0.269 e. The van der Waals surface area contributed by atoms with Gasteiger partial charge in [0.25, 0.3) is 15.9 Å². The quantitative estimate of drug-likeness (QED) is 0.867. The number of rotatable bonds is 4. The molecule has 0 heterocycles. The fourth-order valence-corrected chi connectivity index (χ4v) is 3.38. The van der Waals surface area contributed by atoms with Crippen molar-refractivity contribution in [2.45, 2.75) is 18.7 Å². The highest BCUT2D eigenvalue weighted by Crippen LogP contribution is 2.16. The fraction of sp³-hybridized carbons (Fsp3) is 0.111. The molecule has 0 bridgehead atoms. The van der Waals surface area contributed by atoms with Gasteiger partial charge in [0.2, 0.25) is 0 Å². The lowest BCUT2D eigenvalue weighted by Crippen LogP contribution is -2.29. The number of sulfonamides is 1. The zero-order valence-corrected chi connectivity index (χ0v) is 14.1. The molecule has 2 aromatic rings. The summed E-state index contributed by atoms with van der Waals surface area (Å²) < 4.78 is 26.7. The van der Waals surface area contributed by atoms with E-state index in [0.717, 1.165) is 11.6 Å². The van der Waals surface area contributed by atoms with Crippen LogP contribution in [0.25, 0.3) is 6.08 Å². The van der Waals surface area contributed by atoms with Crippen molar-refractivity contribution in [3.8, 4) is 6.07 Å². The van der Waals surface area contributed by atoms with Gasteiger partial charge in [-0.1, -0.05) is 24.3 Å². The highest BCUT2D eigenvalue weighted by Gasteiger charge is 2.18. The Morgan fingerprint density at radius 1 is 1.17 bits per heavy atom. The van der Waals surface area contributed by atoms with Crippen molar-refractivity contribution in [2.24, 2.45) is 0 Å². The molecular weight excluding hydrogens is 324 g/mol. The Morgan fingerprint density at radius 3 is 2.62 bits per heavy atom. The maximum absolute atomic E-state index is 12.3. The smallest absolute Gasteiger partial charge is 0.264 e. The monoisotopic (exact) mass is 340 g/mol. The second-order valence-electron chi connectivity index (χ2n) is 5.31. The molecule has 0 aliphatic heterocycles. The van der Waals surface area contributed by atoms with E-state index in [9.17, 15) is 13.2 Å². The molecular formula is C18H16N2O3S. The third-order valence-electron chi connectivity index (χ3n) is 3.31. The van der Waals surface area contributed by atoms with Crippen LogP contribution in [0.4, 0.5) is 0 Å². The van der Waals surface area contributed by atoms with Crippen molar-refractivity contribution >= 4 is 22.0 Å². The third-order valence-corrected chi connectivity index (χ3v) is 4.80. The molecule has 2 rings (SSSR count). The Balaban J connectivity index is 2.18. The van der Waals surface area contributed by atoms with Gasteiger partial charge in [-0.2, -0.15) is 5.26 Å². The summed E-state index contributed by atoms with van der Waals surface area (Å²) in [6.07, 6.45) is 2.58. The molecule has 0 unspecified atom stereocenters. The molecule has 1 N–H and O–H groups in total. The molecule has 6 heteroatoms. The summed E-state index contributed by atoms with van der Waals surface area (Å²) in [6.45, 7) is 3.45. The van der Waals surface area contributed by atoms with Crippen LogP contribution in [0.1, 0.15) is 22.3 Å². The molecule has 0 fully saturated rings. The van der Waals surface area contributed by atoms with Crippen LogP contribution in [-0.4, -0.2) is 14.3 Å². The normalized spacial score (nSPS) is 11.2. The van der Waals surface area contributed by atoms with Crippen LogP contribution in [-0.2, 0) is 14.8 Å². The van der Waals surface area contributed by atoms with E-state index in [2.05, 4.69) is 0 Å². The fourth-order valence-electron chi connectivity index (χ4n) is 2.10. The van der Waals surface area contributed by atoms with Crippen molar-refractivity contribution in [3.05, 3.63) is 70.8 Å². The second kappa shape index (κ2) is 7.11. The SMILES string of the molecule is Cc1ccc(C)c(S(=O)(=O)NC(=O)/C=C/c2cccc(C#N)c2)c1. The summed E-state index contributed by atoms with van der Waals surface area (Å²) in [4.78, 5) is 12.0. The van der Waals surface area contributed by atoms with E-state index in [4.69, 9.17) is 5.26 Å². The molecule has 0 aliphatic carbocycles. The Bertz CT molecular complexity index is 954. The predicted octanol–water partition coefficient (Wildman–Crippen LogP) is 2.69. The molecule has 0 aromatic heterocycles. The van der Waals surface area contributed by atoms with E-state index >= 15 is 0 Å². The number of carbonyl (C=O) groups is 1. The number of hydrogen-bond acceptors (Lipinski definition) is 4. The van der Waals surface area contributed by atoms with Crippen molar-refractivity contribution in [2.75, 3.05) is 0 Å². The summed E-state index contributed by atoms with van der Waals surface area (Å²) in [5, 5.41) is 8.83. The number of amides is 1. The number of carbonyl (C=O) groups excluding carboxylic acids is 1. The number of nitrogens with one attached hydrogen (secondary N) is 1. The molecule has 24 heavy (non-hydrogen) atoms. The second-order valence-corrected chi connectivity index (χ2v) is 6.96. The molecule has 122 valence electrons. The number of aryl methyl sites for hydroxylation is 2. The van der Waals surface area contributed by atoms with Gasteiger partial charge in [-0.25, -0.2) is 13.1 Å². The molecule has 0 saturated carbocycles. The average Bonchev–Trinajstić information content (AvgIpc) is 2.55. The lowest BCUT2D eigenvalue weighted by molar-refractivity contribution is -0.114. The summed E-state index contributed by atoms with van der Waals surface area (Å²) in [5.74, 6) is -0.752. The molecule has 1 amide bonds. The van der Waals surface area contributed by atoms with Crippen LogP contribution in [0.3, 0.4) is 0 Å². The first-order chi connectivity index (χ1) is 11.3. The first-order valence-electron chi connectivity index (χ1n) is 7.14. The summed E-state index contributed by atoms with van der Waals surface area (Å²) in [7, 11) is -3.93. The van der Waals surface area contributed by atoms with Gasteiger partial charge >= 0.3 is 0 Å². The van der Waals surface area contributed by atoms with Gasteiger partial charge in [-0.15, -0.1) is 0 Å². The van der Waals surface area contributed by atoms with Crippen molar-refractivity contribution < 1.29 is 13.2 Å². The Labute approximate surface area is 141 Å². The molecule has 0 atom stereocenters. The van der Waals surface area contributed by atoms with E-state index < -0.39 is 15.9 Å². The van der Waals surface area contributed by atoms with Crippen molar-refractivity contribution in [1.29, 1.82) is 5.26 Å². The van der Waals surface area contributed by atoms with Crippen LogP contribution in [0.15, 0.2) is 53.4 Å². The van der Waals surface area contributed by atoms with Crippen LogP contribution in [0.2, 0.25) is 0 Å². The maximum Gasteiger partial charge on any atom is 0.264 e. The minimum atomic E-state index is -3.93. The van der Waals surface area contributed by atoms with Crippen LogP contribution >= 0.6 is 0 Å². The van der Waals surface area contributed by atoms with Crippen LogP contribution < -0.4 is 4.72 Å². The molecule has 0 spiro atoms. The Morgan fingerprint density at radius 2 is 1.92 bits per heavy atom. The van der Waals surface area contributed by atoms with Crippen molar-refractivity contribution in [1.82, 2.24) is 4.72 Å². The Kier molecular flexibility index (Phi) is 5.17. The van der Waals surface area contributed by atoms with Gasteiger partial charge in [0.05, 0.1) is 16.5 Å². The zero-order chi connectivity index (χ0) is 17.7. The van der Waals surface area contributed by atoms with E-state index in [0.29, 0.717) is 16.7 Å². The topological polar surface area (TPSA) is 87.0 Å². The minimum Gasteiger partial charge on any atom is -0.269 e. The highest BCUT2D eigenvalue weighted by molar-refractivity contribution is 7.90. The van der Waals surface area contributed by atoms with Crippen LogP contribution in [0, 0.1) is 25.2 Å². The average molecular weight is 340 g/mol. The maximum atomic E-state index is 12.3. The van der Waals surface area contributed by atoms with Gasteiger partial charge in [-0.3, -0.25) is 4.79 Å². The van der Waals surface area contributed by atoms with Gasteiger partial charge in [0, 0.05) is 6.08 Å². The highest BCUT2D eigenvalue weighted by atomic mass is 32.2. The van der Waals surface area contributed by atoms with Gasteiger partial charge < -0.3 is 0 Å². The predicted molar refractivity (Wildman–Crippen MR) is 91.4 cm³/mol. The molecule has 0 radical (unpaired) electrons. The molecule has 2 aromatic carbocycles. The lowest BCUT2D eigenvalue weighted by Gasteiger charge is -2.08. The Hall–Kier alpha value is -2.91. The summed E-state index contributed by atoms with van der Waals surface area (Å²) in [5.41, 5.74) is 2.44. The third kappa shape index (κ3) is 4.31. The molecule has 5 nitrogen and oxygen atoms in total. The van der Waals surface area contributed by atoms with Gasteiger partial charge in [0.1, 0.15) is 0 Å². The number of benzene rings is 2. The standard InChI is InChI=1S/C18H16N2O3S/c1-13-6-7-14(2)17(10-13)24(22,23)20-18(21)9-8-15-4-3-5-16(11-15)12-19/h3-11H,1-2H3,(H,20,21)/b9-8+. The molecule has 0 aliphatic rings. The lowest BCUT2D eigenvalue weighted by atomic mass is 10.1. The zero-order valence-electron chi connectivity index (χ0n) is 13.3. The molecule has 0 saturated heterocycles. The minimum absolute atomic E-state index is 0.0794. The number of nitriles is 1. The van der Waals surface area contributed by atoms with E-state index in [-0.39, 0.29) is 4.90 Å². The summed E-state index contributed by atoms with van der Waals surface area (Å²) in [6, 6.07) is 13.6. The van der Waals surface area contributed by atoms with Gasteiger partial charge in [-0.05, 0) is 54.8 Å². The van der Waals surface area contributed by atoms with Crippen molar-refractivity contribution in [3.63, 3.8) is 0 Å². The van der Waals surface area contributed by atoms with E-state index in [1.165, 1.54) is 12.1 Å². The first-order valence-corrected chi connectivity index (χ1v) is 8.62.